The standard InChI is InChI=1S/C9H10Cl2N4/c1-4(12)2-5-6(10)7-9(14-3-13-7)15-8(5)11/h3-4H,2,12H2,1H3,(H,13,14,15). The molecule has 2 aromatic rings. The first-order chi connectivity index (χ1) is 7.09. The first-order valence-electron chi connectivity index (χ1n) is 4.52. The second kappa shape index (κ2) is 3.96. The SMILES string of the molecule is CC(N)Cc1c(Cl)nc2nc[nH]c2c1Cl. The van der Waals surface area contributed by atoms with Gasteiger partial charge in [-0.25, -0.2) is 9.97 Å². The molecule has 0 spiro atoms. The largest absolute Gasteiger partial charge is 0.342 e. The van der Waals surface area contributed by atoms with E-state index in [0.29, 0.717) is 27.8 Å². The molecule has 4 nitrogen and oxygen atoms in total. The van der Waals surface area contributed by atoms with Crippen LogP contribution in [0.4, 0.5) is 0 Å². The molecule has 6 heteroatoms. The second-order valence-electron chi connectivity index (χ2n) is 3.48. The molecule has 1 unspecified atom stereocenters. The molecule has 0 aliphatic carbocycles. The fourth-order valence-corrected chi connectivity index (χ4v) is 2.04. The van der Waals surface area contributed by atoms with Gasteiger partial charge >= 0.3 is 0 Å². The zero-order valence-corrected chi connectivity index (χ0v) is 9.60. The average molecular weight is 245 g/mol. The molecule has 0 radical (unpaired) electrons. The molecule has 0 aliphatic rings. The lowest BCUT2D eigenvalue weighted by atomic mass is 10.1. The van der Waals surface area contributed by atoms with Gasteiger partial charge in [0.05, 0.1) is 11.3 Å². The van der Waals surface area contributed by atoms with Gasteiger partial charge in [-0.05, 0) is 13.3 Å². The van der Waals surface area contributed by atoms with Crippen LogP contribution in [-0.2, 0) is 6.42 Å². The number of imidazole rings is 1. The van der Waals surface area contributed by atoms with Gasteiger partial charge in [-0.1, -0.05) is 23.2 Å². The quantitative estimate of drug-likeness (QED) is 0.796. The van der Waals surface area contributed by atoms with E-state index in [-0.39, 0.29) is 6.04 Å². The van der Waals surface area contributed by atoms with Gasteiger partial charge in [-0.2, -0.15) is 0 Å². The van der Waals surface area contributed by atoms with Crippen LogP contribution in [0.15, 0.2) is 6.33 Å². The maximum atomic E-state index is 6.18. The third-order valence-corrected chi connectivity index (χ3v) is 2.81. The number of rotatable bonds is 2. The van der Waals surface area contributed by atoms with Crippen LogP contribution in [0, 0.1) is 0 Å². The third-order valence-electron chi connectivity index (χ3n) is 2.08. The smallest absolute Gasteiger partial charge is 0.180 e. The Morgan fingerprint density at radius 1 is 1.53 bits per heavy atom. The van der Waals surface area contributed by atoms with Crippen LogP contribution in [0.1, 0.15) is 12.5 Å². The van der Waals surface area contributed by atoms with Gasteiger partial charge in [0.2, 0.25) is 0 Å². The Bertz CT molecular complexity index is 492. The fraction of sp³-hybridized carbons (Fsp3) is 0.333. The van der Waals surface area contributed by atoms with E-state index in [1.807, 2.05) is 6.92 Å². The Kier molecular flexibility index (Phi) is 2.82. The van der Waals surface area contributed by atoms with Crippen LogP contribution < -0.4 is 5.73 Å². The predicted molar refractivity (Wildman–Crippen MR) is 61.3 cm³/mol. The number of nitrogens with two attached hydrogens (primary N) is 1. The highest BCUT2D eigenvalue weighted by Gasteiger charge is 2.14. The van der Waals surface area contributed by atoms with Gasteiger partial charge in [0.15, 0.2) is 5.65 Å². The summed E-state index contributed by atoms with van der Waals surface area (Å²) in [6.45, 7) is 1.89. The number of hydrogen-bond donors (Lipinski definition) is 2. The lowest BCUT2D eigenvalue weighted by Gasteiger charge is -2.09. The summed E-state index contributed by atoms with van der Waals surface area (Å²) < 4.78 is 0. The number of nitrogens with zero attached hydrogens (tertiary/aromatic N) is 2. The van der Waals surface area contributed by atoms with Crippen molar-refractivity contribution >= 4 is 34.4 Å². The molecule has 0 bridgehead atoms. The number of pyridine rings is 1. The minimum absolute atomic E-state index is 0.0119. The Morgan fingerprint density at radius 3 is 2.93 bits per heavy atom. The van der Waals surface area contributed by atoms with Crippen molar-refractivity contribution in [3.8, 4) is 0 Å². The molecule has 80 valence electrons. The molecule has 3 N–H and O–H groups in total. The van der Waals surface area contributed by atoms with E-state index in [9.17, 15) is 0 Å². The van der Waals surface area contributed by atoms with Gasteiger partial charge < -0.3 is 10.7 Å². The first-order valence-corrected chi connectivity index (χ1v) is 5.27. The summed E-state index contributed by atoms with van der Waals surface area (Å²) in [5.41, 5.74) is 7.71. The lowest BCUT2D eigenvalue weighted by molar-refractivity contribution is 0.737. The molecule has 0 aromatic carbocycles. The van der Waals surface area contributed by atoms with Crippen LogP contribution in [-0.4, -0.2) is 21.0 Å². The molecule has 0 aliphatic heterocycles. The molecule has 1 atom stereocenters. The number of H-pyrrole nitrogens is 1. The Labute approximate surface area is 96.8 Å². The summed E-state index contributed by atoms with van der Waals surface area (Å²) in [5.74, 6) is 0. The van der Waals surface area contributed by atoms with Crippen LogP contribution in [0.3, 0.4) is 0 Å². The normalized spacial score (nSPS) is 13.3. The Morgan fingerprint density at radius 2 is 2.27 bits per heavy atom. The van der Waals surface area contributed by atoms with Gasteiger partial charge in [0, 0.05) is 11.6 Å². The van der Waals surface area contributed by atoms with Crippen molar-refractivity contribution in [2.75, 3.05) is 0 Å². The van der Waals surface area contributed by atoms with Crippen LogP contribution in [0.5, 0.6) is 0 Å². The van der Waals surface area contributed by atoms with Crippen molar-refractivity contribution in [3.05, 3.63) is 22.1 Å². The summed E-state index contributed by atoms with van der Waals surface area (Å²) in [6, 6.07) is -0.0119. The van der Waals surface area contributed by atoms with Crippen molar-refractivity contribution in [2.45, 2.75) is 19.4 Å². The number of aromatic amines is 1. The molecule has 15 heavy (non-hydrogen) atoms. The number of fused-ring (bicyclic) bond motifs is 1. The number of aromatic nitrogens is 3. The van der Waals surface area contributed by atoms with Crippen LogP contribution >= 0.6 is 23.2 Å². The van der Waals surface area contributed by atoms with E-state index >= 15 is 0 Å². The second-order valence-corrected chi connectivity index (χ2v) is 4.21. The summed E-state index contributed by atoms with van der Waals surface area (Å²) in [5, 5.41) is 0.928. The monoisotopic (exact) mass is 244 g/mol. The van der Waals surface area contributed by atoms with E-state index in [1.54, 1.807) is 0 Å². The average Bonchev–Trinajstić information content (AvgIpc) is 2.59. The lowest BCUT2D eigenvalue weighted by Crippen LogP contribution is -2.18. The van der Waals surface area contributed by atoms with E-state index < -0.39 is 0 Å². The van der Waals surface area contributed by atoms with E-state index in [2.05, 4.69) is 15.0 Å². The third kappa shape index (κ3) is 1.93. The predicted octanol–water partition coefficient (Wildman–Crippen LogP) is 2.15. The highest BCUT2D eigenvalue weighted by atomic mass is 35.5. The van der Waals surface area contributed by atoms with Crippen molar-refractivity contribution < 1.29 is 0 Å². The van der Waals surface area contributed by atoms with E-state index in [4.69, 9.17) is 28.9 Å². The summed E-state index contributed by atoms with van der Waals surface area (Å²) in [4.78, 5) is 11.1. The van der Waals surface area contributed by atoms with Crippen molar-refractivity contribution in [2.24, 2.45) is 5.73 Å². The molecular weight excluding hydrogens is 235 g/mol. The molecule has 2 heterocycles. The van der Waals surface area contributed by atoms with Gasteiger partial charge in [0.1, 0.15) is 10.7 Å². The number of halogens is 2. The van der Waals surface area contributed by atoms with Gasteiger partial charge in [-0.15, -0.1) is 0 Å². The Balaban J connectivity index is 2.61. The molecule has 2 aromatic heterocycles. The van der Waals surface area contributed by atoms with Crippen molar-refractivity contribution in [1.82, 2.24) is 15.0 Å². The van der Waals surface area contributed by atoms with Crippen LogP contribution in [0.2, 0.25) is 10.2 Å². The first kappa shape index (κ1) is 10.7. The zero-order chi connectivity index (χ0) is 11.0. The molecule has 0 saturated heterocycles. The molecule has 0 fully saturated rings. The molecular formula is C9H10Cl2N4. The summed E-state index contributed by atoms with van der Waals surface area (Å²) >= 11 is 12.2. The van der Waals surface area contributed by atoms with Crippen molar-refractivity contribution in [1.29, 1.82) is 0 Å². The molecule has 0 amide bonds. The van der Waals surface area contributed by atoms with E-state index in [0.717, 1.165) is 5.56 Å². The van der Waals surface area contributed by atoms with E-state index in [1.165, 1.54) is 6.33 Å². The maximum Gasteiger partial charge on any atom is 0.180 e. The zero-order valence-electron chi connectivity index (χ0n) is 8.09. The Hall–Kier alpha value is -0.840. The van der Waals surface area contributed by atoms with Crippen molar-refractivity contribution in [3.63, 3.8) is 0 Å². The van der Waals surface area contributed by atoms with Crippen LogP contribution in [0.25, 0.3) is 11.2 Å². The maximum absolute atomic E-state index is 6.18. The highest BCUT2D eigenvalue weighted by Crippen LogP contribution is 2.29. The molecule has 2 rings (SSSR count). The minimum atomic E-state index is -0.0119. The molecule has 0 saturated carbocycles. The fourth-order valence-electron chi connectivity index (χ4n) is 1.43. The summed E-state index contributed by atoms with van der Waals surface area (Å²) in [7, 11) is 0. The number of nitrogens with one attached hydrogen (secondary N) is 1. The van der Waals surface area contributed by atoms with Gasteiger partial charge in [-0.3, -0.25) is 0 Å². The minimum Gasteiger partial charge on any atom is -0.342 e. The van der Waals surface area contributed by atoms with Gasteiger partial charge in [0.25, 0.3) is 0 Å². The topological polar surface area (TPSA) is 67.6 Å². The number of hydrogen-bond acceptors (Lipinski definition) is 3. The summed E-state index contributed by atoms with van der Waals surface area (Å²) in [6.07, 6.45) is 2.13. The highest BCUT2D eigenvalue weighted by molar-refractivity contribution is 6.38.